The van der Waals surface area contributed by atoms with E-state index in [9.17, 15) is 0 Å². The molecule has 0 aliphatic rings. The SMILES string of the molecule is c1ccc2c(CCNc3nccc(NCc4ccc5nc[nH]c5c4)n3)c[nH]c2c1. The number of nitrogens with one attached hydrogen (secondary N) is 4. The van der Waals surface area contributed by atoms with Gasteiger partial charge in [-0.15, -0.1) is 0 Å². The van der Waals surface area contributed by atoms with E-state index in [1.165, 1.54) is 16.5 Å². The zero-order valence-corrected chi connectivity index (χ0v) is 15.8. The highest BCUT2D eigenvalue weighted by Gasteiger charge is 2.04. The largest absolute Gasteiger partial charge is 0.366 e. The summed E-state index contributed by atoms with van der Waals surface area (Å²) in [6.45, 7) is 1.45. The number of fused-ring (bicyclic) bond motifs is 2. The van der Waals surface area contributed by atoms with E-state index in [0.717, 1.165) is 35.4 Å². The van der Waals surface area contributed by atoms with Crippen LogP contribution in [0.3, 0.4) is 0 Å². The first-order chi connectivity index (χ1) is 14.3. The molecule has 0 amide bonds. The molecule has 0 fully saturated rings. The number of aromatic amines is 2. The highest BCUT2D eigenvalue weighted by atomic mass is 15.1. The Kier molecular flexibility index (Phi) is 4.54. The first-order valence-electron chi connectivity index (χ1n) is 9.63. The molecule has 2 aromatic carbocycles. The lowest BCUT2D eigenvalue weighted by molar-refractivity contribution is 0.985. The van der Waals surface area contributed by atoms with E-state index in [2.05, 4.69) is 72.1 Å². The number of benzene rings is 2. The molecule has 144 valence electrons. The van der Waals surface area contributed by atoms with Crippen molar-refractivity contribution >= 4 is 33.7 Å². The third-order valence-electron chi connectivity index (χ3n) is 4.97. The molecule has 0 unspecified atom stereocenters. The Labute approximate surface area is 167 Å². The van der Waals surface area contributed by atoms with Crippen LogP contribution in [0.15, 0.2) is 67.3 Å². The molecular formula is C22H21N7. The molecule has 4 N–H and O–H groups in total. The van der Waals surface area contributed by atoms with E-state index in [0.29, 0.717) is 12.5 Å². The van der Waals surface area contributed by atoms with Crippen molar-refractivity contribution in [2.45, 2.75) is 13.0 Å². The van der Waals surface area contributed by atoms with Crippen LogP contribution in [0.5, 0.6) is 0 Å². The van der Waals surface area contributed by atoms with E-state index < -0.39 is 0 Å². The van der Waals surface area contributed by atoms with E-state index in [1.54, 1.807) is 12.5 Å². The molecule has 3 aromatic heterocycles. The predicted octanol–water partition coefficient (Wildman–Crippen LogP) is 4.10. The molecule has 0 aliphatic carbocycles. The lowest BCUT2D eigenvalue weighted by Gasteiger charge is -2.08. The van der Waals surface area contributed by atoms with Crippen molar-refractivity contribution < 1.29 is 0 Å². The van der Waals surface area contributed by atoms with Gasteiger partial charge in [0.05, 0.1) is 17.4 Å². The number of rotatable bonds is 7. The maximum atomic E-state index is 4.56. The van der Waals surface area contributed by atoms with Gasteiger partial charge in [-0.1, -0.05) is 24.3 Å². The Hall–Kier alpha value is -3.87. The second-order valence-electron chi connectivity index (χ2n) is 6.91. The maximum absolute atomic E-state index is 4.56. The lowest BCUT2D eigenvalue weighted by atomic mass is 10.1. The van der Waals surface area contributed by atoms with Crippen LogP contribution in [0.1, 0.15) is 11.1 Å². The topological polar surface area (TPSA) is 94.3 Å². The summed E-state index contributed by atoms with van der Waals surface area (Å²) in [5, 5.41) is 7.94. The average Bonchev–Trinajstić information content (AvgIpc) is 3.39. The summed E-state index contributed by atoms with van der Waals surface area (Å²) >= 11 is 0. The van der Waals surface area contributed by atoms with Gasteiger partial charge in [0, 0.05) is 36.4 Å². The average molecular weight is 383 g/mol. The molecule has 5 aromatic rings. The normalized spacial score (nSPS) is 11.2. The number of hydrogen-bond donors (Lipinski definition) is 4. The van der Waals surface area contributed by atoms with Crippen LogP contribution in [0.4, 0.5) is 11.8 Å². The molecule has 7 heteroatoms. The molecule has 5 rings (SSSR count). The second kappa shape index (κ2) is 7.63. The molecule has 0 bridgehead atoms. The van der Waals surface area contributed by atoms with E-state index >= 15 is 0 Å². The molecule has 29 heavy (non-hydrogen) atoms. The smallest absolute Gasteiger partial charge is 0.224 e. The number of imidazole rings is 1. The van der Waals surface area contributed by atoms with Gasteiger partial charge < -0.3 is 20.6 Å². The van der Waals surface area contributed by atoms with Crippen molar-refractivity contribution in [1.82, 2.24) is 24.9 Å². The minimum Gasteiger partial charge on any atom is -0.366 e. The molecule has 0 saturated heterocycles. The van der Waals surface area contributed by atoms with Gasteiger partial charge in [-0.25, -0.2) is 9.97 Å². The molecule has 3 heterocycles. The molecule has 7 nitrogen and oxygen atoms in total. The summed E-state index contributed by atoms with van der Waals surface area (Å²) in [4.78, 5) is 19.6. The van der Waals surface area contributed by atoms with Gasteiger partial charge in [0.1, 0.15) is 5.82 Å². The lowest BCUT2D eigenvalue weighted by Crippen LogP contribution is -2.09. The number of para-hydroxylation sites is 1. The summed E-state index contributed by atoms with van der Waals surface area (Å²) in [6, 6.07) is 16.4. The van der Waals surface area contributed by atoms with Gasteiger partial charge in [0.2, 0.25) is 5.95 Å². The van der Waals surface area contributed by atoms with E-state index in [4.69, 9.17) is 0 Å². The zero-order chi connectivity index (χ0) is 19.5. The fourth-order valence-corrected chi connectivity index (χ4v) is 3.48. The van der Waals surface area contributed by atoms with Crippen molar-refractivity contribution in [1.29, 1.82) is 0 Å². The number of nitrogens with zero attached hydrogens (tertiary/aromatic N) is 3. The first kappa shape index (κ1) is 17.2. The fraction of sp³-hybridized carbons (Fsp3) is 0.136. The van der Waals surface area contributed by atoms with E-state index in [1.807, 2.05) is 18.2 Å². The number of anilines is 2. The van der Waals surface area contributed by atoms with Crippen LogP contribution in [0.2, 0.25) is 0 Å². The first-order valence-corrected chi connectivity index (χ1v) is 9.63. The van der Waals surface area contributed by atoms with Crippen molar-refractivity contribution in [2.24, 2.45) is 0 Å². The van der Waals surface area contributed by atoms with Crippen LogP contribution >= 0.6 is 0 Å². The van der Waals surface area contributed by atoms with Crippen LogP contribution in [-0.2, 0) is 13.0 Å². The summed E-state index contributed by atoms with van der Waals surface area (Å²) in [5.41, 5.74) is 5.62. The fourth-order valence-electron chi connectivity index (χ4n) is 3.48. The Balaban J connectivity index is 1.19. The quantitative estimate of drug-likeness (QED) is 0.339. The molecule has 0 aliphatic heterocycles. The van der Waals surface area contributed by atoms with Crippen molar-refractivity contribution in [3.8, 4) is 0 Å². The molecular weight excluding hydrogens is 362 g/mol. The second-order valence-corrected chi connectivity index (χ2v) is 6.91. The van der Waals surface area contributed by atoms with Gasteiger partial charge in [0.15, 0.2) is 0 Å². The van der Waals surface area contributed by atoms with Gasteiger partial charge in [-0.3, -0.25) is 0 Å². The monoisotopic (exact) mass is 383 g/mol. The number of aromatic nitrogens is 5. The highest BCUT2D eigenvalue weighted by Crippen LogP contribution is 2.18. The number of hydrogen-bond acceptors (Lipinski definition) is 5. The van der Waals surface area contributed by atoms with Gasteiger partial charge in [-0.05, 0) is 41.8 Å². The Bertz CT molecular complexity index is 1250. The summed E-state index contributed by atoms with van der Waals surface area (Å²) in [7, 11) is 0. The van der Waals surface area contributed by atoms with Crippen molar-refractivity contribution in [3.05, 3.63) is 78.4 Å². The third kappa shape index (κ3) is 3.75. The predicted molar refractivity (Wildman–Crippen MR) is 116 cm³/mol. The minimum atomic E-state index is 0.624. The Morgan fingerprint density at radius 1 is 0.897 bits per heavy atom. The third-order valence-corrected chi connectivity index (χ3v) is 4.97. The number of H-pyrrole nitrogens is 2. The Morgan fingerprint density at radius 2 is 1.86 bits per heavy atom. The molecule has 0 saturated carbocycles. The highest BCUT2D eigenvalue weighted by molar-refractivity contribution is 5.83. The van der Waals surface area contributed by atoms with E-state index in [-0.39, 0.29) is 0 Å². The Morgan fingerprint density at radius 3 is 2.86 bits per heavy atom. The van der Waals surface area contributed by atoms with Crippen LogP contribution in [-0.4, -0.2) is 31.5 Å². The van der Waals surface area contributed by atoms with Crippen molar-refractivity contribution in [3.63, 3.8) is 0 Å². The molecule has 0 radical (unpaired) electrons. The van der Waals surface area contributed by atoms with Crippen molar-refractivity contribution in [2.75, 3.05) is 17.2 Å². The summed E-state index contributed by atoms with van der Waals surface area (Å²) in [5.74, 6) is 1.41. The zero-order valence-electron chi connectivity index (χ0n) is 15.8. The maximum Gasteiger partial charge on any atom is 0.224 e. The van der Waals surface area contributed by atoms with Crippen LogP contribution < -0.4 is 10.6 Å². The standard InChI is InChI=1S/C22H21N7/c1-2-4-18-17(3-1)16(13-25-18)7-9-23-22-24-10-8-21(29-22)26-12-15-5-6-19-20(11-15)28-14-27-19/h1-6,8,10-11,13-14,25H,7,9,12H2,(H,27,28)(H2,23,24,26,29). The molecule has 0 spiro atoms. The van der Waals surface area contributed by atoms with Gasteiger partial charge in [-0.2, -0.15) is 4.98 Å². The van der Waals surface area contributed by atoms with Gasteiger partial charge >= 0.3 is 0 Å². The summed E-state index contributed by atoms with van der Waals surface area (Å²) in [6.07, 6.45) is 6.44. The minimum absolute atomic E-state index is 0.624. The van der Waals surface area contributed by atoms with Crippen LogP contribution in [0, 0.1) is 0 Å². The molecule has 0 atom stereocenters. The van der Waals surface area contributed by atoms with Gasteiger partial charge in [0.25, 0.3) is 0 Å². The summed E-state index contributed by atoms with van der Waals surface area (Å²) < 4.78 is 0. The van der Waals surface area contributed by atoms with Crippen LogP contribution in [0.25, 0.3) is 21.9 Å².